The Bertz CT molecular complexity index is 408. The minimum atomic E-state index is -0.000463. The normalized spacial score (nSPS) is 23.6. The van der Waals surface area contributed by atoms with E-state index in [9.17, 15) is 4.79 Å². The van der Waals surface area contributed by atoms with Crippen LogP contribution in [0.3, 0.4) is 0 Å². The molecular weight excluding hydrogens is 212 g/mol. The van der Waals surface area contributed by atoms with E-state index < -0.39 is 0 Å². The van der Waals surface area contributed by atoms with Crippen molar-refractivity contribution in [2.24, 2.45) is 5.92 Å². The molecule has 0 radical (unpaired) electrons. The third kappa shape index (κ3) is 2.99. The number of hydrogen-bond acceptors (Lipinski definition) is 2. The van der Waals surface area contributed by atoms with E-state index in [2.05, 4.69) is 12.2 Å². The highest BCUT2D eigenvalue weighted by Gasteiger charge is 2.23. The summed E-state index contributed by atoms with van der Waals surface area (Å²) in [6.45, 7) is 4.18. The predicted molar refractivity (Wildman–Crippen MR) is 69.9 cm³/mol. The first-order valence-electron chi connectivity index (χ1n) is 6.22. The second-order valence-corrected chi connectivity index (χ2v) is 5.22. The fourth-order valence-corrected chi connectivity index (χ4v) is 2.55. The number of carbonyl (C=O) groups excluding carboxylic acids is 1. The summed E-state index contributed by atoms with van der Waals surface area (Å²) in [6, 6.07) is 5.82. The van der Waals surface area contributed by atoms with Gasteiger partial charge in [0.2, 0.25) is 0 Å². The molecule has 2 unspecified atom stereocenters. The standard InChI is InChI=1S/C14H20N2O/c1-9-3-4-13(7-9)16-14(17)11-5-10(2)6-12(15)8-11/h5-6,8-9,13H,3-4,7,15H2,1-2H3,(H,16,17). The van der Waals surface area contributed by atoms with Crippen molar-refractivity contribution in [3.05, 3.63) is 29.3 Å². The molecule has 17 heavy (non-hydrogen) atoms. The van der Waals surface area contributed by atoms with E-state index in [0.29, 0.717) is 17.3 Å². The molecule has 1 aromatic carbocycles. The van der Waals surface area contributed by atoms with E-state index >= 15 is 0 Å². The Morgan fingerprint density at radius 1 is 1.35 bits per heavy atom. The minimum absolute atomic E-state index is 0.000463. The fourth-order valence-electron chi connectivity index (χ4n) is 2.55. The number of nitrogens with two attached hydrogens (primary N) is 1. The van der Waals surface area contributed by atoms with Gasteiger partial charge in [0.05, 0.1) is 0 Å². The van der Waals surface area contributed by atoms with Gasteiger partial charge in [0.15, 0.2) is 0 Å². The van der Waals surface area contributed by atoms with Crippen molar-refractivity contribution in [1.82, 2.24) is 5.32 Å². The van der Waals surface area contributed by atoms with Crippen LogP contribution in [0.4, 0.5) is 5.69 Å². The number of rotatable bonds is 2. The van der Waals surface area contributed by atoms with Crippen LogP contribution in [-0.4, -0.2) is 11.9 Å². The summed E-state index contributed by atoms with van der Waals surface area (Å²) in [5.41, 5.74) is 8.09. The van der Waals surface area contributed by atoms with Crippen molar-refractivity contribution in [3.8, 4) is 0 Å². The average molecular weight is 232 g/mol. The molecule has 0 heterocycles. The Hall–Kier alpha value is -1.51. The monoisotopic (exact) mass is 232 g/mol. The average Bonchev–Trinajstić information content (AvgIpc) is 2.62. The lowest BCUT2D eigenvalue weighted by Crippen LogP contribution is -2.32. The Morgan fingerprint density at radius 2 is 2.12 bits per heavy atom. The highest BCUT2D eigenvalue weighted by molar-refractivity contribution is 5.95. The van der Waals surface area contributed by atoms with Crippen LogP contribution in [0, 0.1) is 12.8 Å². The first-order chi connectivity index (χ1) is 8.04. The summed E-state index contributed by atoms with van der Waals surface area (Å²) in [6.07, 6.45) is 3.39. The van der Waals surface area contributed by atoms with E-state index in [1.54, 1.807) is 6.07 Å². The predicted octanol–water partition coefficient (Wildman–Crippen LogP) is 2.50. The van der Waals surface area contributed by atoms with Crippen molar-refractivity contribution >= 4 is 11.6 Å². The lowest BCUT2D eigenvalue weighted by molar-refractivity contribution is 0.0937. The van der Waals surface area contributed by atoms with Gasteiger partial charge < -0.3 is 11.1 Å². The Morgan fingerprint density at radius 3 is 2.71 bits per heavy atom. The molecule has 1 aliphatic carbocycles. The van der Waals surface area contributed by atoms with Gasteiger partial charge in [-0.3, -0.25) is 4.79 Å². The van der Waals surface area contributed by atoms with Gasteiger partial charge in [0.25, 0.3) is 5.91 Å². The van der Waals surface area contributed by atoms with E-state index in [1.807, 2.05) is 19.1 Å². The molecule has 0 saturated heterocycles. The summed E-state index contributed by atoms with van der Waals surface area (Å²) in [7, 11) is 0. The van der Waals surface area contributed by atoms with Crippen LogP contribution in [0.2, 0.25) is 0 Å². The van der Waals surface area contributed by atoms with Gasteiger partial charge in [0, 0.05) is 17.3 Å². The second kappa shape index (κ2) is 4.78. The lowest BCUT2D eigenvalue weighted by Gasteiger charge is -2.13. The topological polar surface area (TPSA) is 55.1 Å². The zero-order chi connectivity index (χ0) is 12.4. The van der Waals surface area contributed by atoms with Gasteiger partial charge in [-0.15, -0.1) is 0 Å². The highest BCUT2D eigenvalue weighted by atomic mass is 16.1. The van der Waals surface area contributed by atoms with Crippen molar-refractivity contribution in [2.75, 3.05) is 5.73 Å². The molecule has 2 rings (SSSR count). The minimum Gasteiger partial charge on any atom is -0.399 e. The van der Waals surface area contributed by atoms with Crippen molar-refractivity contribution in [3.63, 3.8) is 0 Å². The SMILES string of the molecule is Cc1cc(N)cc(C(=O)NC2CCC(C)C2)c1. The number of aryl methyl sites for hydroxylation is 1. The van der Waals surface area contributed by atoms with Gasteiger partial charge >= 0.3 is 0 Å². The van der Waals surface area contributed by atoms with Crippen LogP contribution in [0.15, 0.2) is 18.2 Å². The second-order valence-electron chi connectivity index (χ2n) is 5.22. The molecule has 0 bridgehead atoms. The van der Waals surface area contributed by atoms with Crippen molar-refractivity contribution < 1.29 is 4.79 Å². The molecule has 3 heteroatoms. The van der Waals surface area contributed by atoms with E-state index in [0.717, 1.165) is 24.3 Å². The van der Waals surface area contributed by atoms with Crippen molar-refractivity contribution in [1.29, 1.82) is 0 Å². The highest BCUT2D eigenvalue weighted by Crippen LogP contribution is 2.25. The molecule has 2 atom stereocenters. The van der Waals surface area contributed by atoms with Crippen LogP contribution in [0.1, 0.15) is 42.1 Å². The van der Waals surface area contributed by atoms with E-state index in [-0.39, 0.29) is 5.91 Å². The Balaban J connectivity index is 2.04. The van der Waals surface area contributed by atoms with E-state index in [4.69, 9.17) is 5.73 Å². The lowest BCUT2D eigenvalue weighted by atomic mass is 10.1. The molecule has 1 amide bonds. The summed E-state index contributed by atoms with van der Waals surface area (Å²) in [4.78, 5) is 12.0. The quantitative estimate of drug-likeness (QED) is 0.770. The number of hydrogen-bond donors (Lipinski definition) is 2. The summed E-state index contributed by atoms with van der Waals surface area (Å²) in [5, 5.41) is 3.09. The summed E-state index contributed by atoms with van der Waals surface area (Å²) >= 11 is 0. The third-order valence-electron chi connectivity index (χ3n) is 3.39. The van der Waals surface area contributed by atoms with Gasteiger partial charge in [-0.2, -0.15) is 0 Å². The molecule has 1 fully saturated rings. The van der Waals surface area contributed by atoms with Crippen molar-refractivity contribution in [2.45, 2.75) is 39.2 Å². The molecule has 3 N–H and O–H groups in total. The maximum absolute atomic E-state index is 12.0. The number of amides is 1. The number of benzene rings is 1. The van der Waals surface area contributed by atoms with Gasteiger partial charge in [-0.25, -0.2) is 0 Å². The number of carbonyl (C=O) groups is 1. The number of nitrogens with one attached hydrogen (secondary N) is 1. The van der Waals surface area contributed by atoms with Crippen LogP contribution in [0.25, 0.3) is 0 Å². The van der Waals surface area contributed by atoms with Crippen LogP contribution < -0.4 is 11.1 Å². The maximum Gasteiger partial charge on any atom is 0.251 e. The van der Waals surface area contributed by atoms with E-state index in [1.165, 1.54) is 6.42 Å². The third-order valence-corrected chi connectivity index (χ3v) is 3.39. The molecular formula is C14H20N2O. The molecule has 0 aliphatic heterocycles. The van der Waals surface area contributed by atoms with Gasteiger partial charge in [-0.05, 0) is 55.9 Å². The zero-order valence-electron chi connectivity index (χ0n) is 10.5. The summed E-state index contributed by atoms with van der Waals surface area (Å²) < 4.78 is 0. The smallest absolute Gasteiger partial charge is 0.251 e. The van der Waals surface area contributed by atoms with Crippen LogP contribution >= 0.6 is 0 Å². The number of anilines is 1. The molecule has 3 nitrogen and oxygen atoms in total. The molecule has 0 aromatic heterocycles. The molecule has 1 aromatic rings. The molecule has 1 saturated carbocycles. The van der Waals surface area contributed by atoms with Crippen LogP contribution in [0.5, 0.6) is 0 Å². The summed E-state index contributed by atoms with van der Waals surface area (Å²) in [5.74, 6) is 0.724. The first kappa shape index (κ1) is 12.0. The maximum atomic E-state index is 12.0. The first-order valence-corrected chi connectivity index (χ1v) is 6.22. The van der Waals surface area contributed by atoms with Gasteiger partial charge in [-0.1, -0.05) is 6.92 Å². The Labute approximate surface area is 102 Å². The fraction of sp³-hybridized carbons (Fsp3) is 0.500. The molecule has 92 valence electrons. The van der Waals surface area contributed by atoms with Crippen LogP contribution in [-0.2, 0) is 0 Å². The zero-order valence-corrected chi connectivity index (χ0v) is 10.5. The molecule has 1 aliphatic rings. The van der Waals surface area contributed by atoms with Gasteiger partial charge in [0.1, 0.15) is 0 Å². The number of nitrogen functional groups attached to an aromatic ring is 1. The molecule has 0 spiro atoms. The largest absolute Gasteiger partial charge is 0.399 e. The Kier molecular flexibility index (Phi) is 3.36.